The third-order valence-electron chi connectivity index (χ3n) is 5.67. The average Bonchev–Trinajstić information content (AvgIpc) is 2.74. The number of aliphatic hydroxyl groups is 4. The van der Waals surface area contributed by atoms with E-state index in [0.29, 0.717) is 11.1 Å². The van der Waals surface area contributed by atoms with Gasteiger partial charge in [-0.2, -0.15) is 0 Å². The molecule has 10 heteroatoms. The summed E-state index contributed by atoms with van der Waals surface area (Å²) in [5.41, 5.74) is -0.169. The molecule has 0 saturated carbocycles. The molecule has 5 atom stereocenters. The maximum atomic E-state index is 12.8. The van der Waals surface area contributed by atoms with Gasteiger partial charge in [0.2, 0.25) is 0 Å². The van der Waals surface area contributed by atoms with Gasteiger partial charge < -0.3 is 44.9 Å². The molecule has 0 spiro atoms. The predicted molar refractivity (Wildman–Crippen MR) is 110 cm³/mol. The van der Waals surface area contributed by atoms with Gasteiger partial charge in [0.1, 0.15) is 64.5 Å². The summed E-state index contributed by atoms with van der Waals surface area (Å²) >= 11 is 0. The standard InChI is InChI=1S/C22H22O10/c1-8-4-9(2-3-10(8)24)13-5-11(25)16-14(31-13)6-12(26)17(19(16)28)22-21(30)20(29)18(27)15(7-23)32-22/h2-6,15,18,20-24,26-30H,7H2,1H3/t15-,18-,20+,21-,22?/m1/s1. The number of aromatic hydroxyl groups is 3. The number of hydrogen-bond donors (Lipinski definition) is 7. The molecule has 7 N–H and O–H groups in total. The highest BCUT2D eigenvalue weighted by Gasteiger charge is 2.46. The molecule has 2 heterocycles. The zero-order chi connectivity index (χ0) is 23.3. The molecule has 1 unspecified atom stereocenters. The predicted octanol–water partition coefficient (Wildman–Crippen LogP) is 0.400. The van der Waals surface area contributed by atoms with E-state index in [-0.39, 0.29) is 22.5 Å². The van der Waals surface area contributed by atoms with Gasteiger partial charge in [0, 0.05) is 17.7 Å². The highest BCUT2D eigenvalue weighted by atomic mass is 16.5. The molecule has 1 aromatic heterocycles. The fraction of sp³-hybridized carbons (Fsp3) is 0.318. The summed E-state index contributed by atoms with van der Waals surface area (Å²) in [5, 5.41) is 70.4. The van der Waals surface area contributed by atoms with E-state index in [9.17, 15) is 40.5 Å². The van der Waals surface area contributed by atoms with Crippen LogP contribution < -0.4 is 5.43 Å². The summed E-state index contributed by atoms with van der Waals surface area (Å²) in [4.78, 5) is 12.8. The fourth-order valence-corrected chi connectivity index (χ4v) is 3.88. The van der Waals surface area contributed by atoms with Crippen LogP contribution in [0.25, 0.3) is 22.3 Å². The summed E-state index contributed by atoms with van der Waals surface area (Å²) in [6.07, 6.45) is -7.96. The van der Waals surface area contributed by atoms with Crippen LogP contribution in [0.5, 0.6) is 17.2 Å². The van der Waals surface area contributed by atoms with Crippen LogP contribution in [0.3, 0.4) is 0 Å². The fourth-order valence-electron chi connectivity index (χ4n) is 3.88. The Labute approximate surface area is 180 Å². The van der Waals surface area contributed by atoms with Crippen molar-refractivity contribution in [3.05, 3.63) is 51.7 Å². The molecule has 0 aliphatic carbocycles. The summed E-state index contributed by atoms with van der Waals surface area (Å²) in [5.74, 6) is -1.13. The van der Waals surface area contributed by atoms with E-state index in [1.54, 1.807) is 13.0 Å². The molecule has 1 saturated heterocycles. The molecular formula is C22H22O10. The normalized spacial score (nSPS) is 25.8. The molecule has 32 heavy (non-hydrogen) atoms. The Morgan fingerprint density at radius 2 is 1.66 bits per heavy atom. The molecular weight excluding hydrogens is 424 g/mol. The molecule has 0 amide bonds. The molecule has 4 rings (SSSR count). The number of aryl methyl sites for hydroxylation is 1. The number of hydrogen-bond acceptors (Lipinski definition) is 10. The van der Waals surface area contributed by atoms with E-state index in [0.717, 1.165) is 12.1 Å². The topological polar surface area (TPSA) is 181 Å². The lowest BCUT2D eigenvalue weighted by Crippen LogP contribution is -2.55. The van der Waals surface area contributed by atoms with Crippen LogP contribution in [-0.4, -0.2) is 66.8 Å². The summed E-state index contributed by atoms with van der Waals surface area (Å²) < 4.78 is 11.1. The molecule has 0 radical (unpaired) electrons. The lowest BCUT2D eigenvalue weighted by molar-refractivity contribution is -0.232. The van der Waals surface area contributed by atoms with Crippen molar-refractivity contribution in [2.45, 2.75) is 37.4 Å². The van der Waals surface area contributed by atoms with E-state index in [2.05, 4.69) is 0 Å². The van der Waals surface area contributed by atoms with Gasteiger partial charge in [-0.05, 0) is 30.7 Å². The Bertz CT molecular complexity index is 1230. The first-order valence-electron chi connectivity index (χ1n) is 9.77. The van der Waals surface area contributed by atoms with Crippen LogP contribution in [0.1, 0.15) is 17.2 Å². The van der Waals surface area contributed by atoms with E-state index >= 15 is 0 Å². The zero-order valence-corrected chi connectivity index (χ0v) is 16.8. The second-order valence-corrected chi connectivity index (χ2v) is 7.76. The van der Waals surface area contributed by atoms with Gasteiger partial charge in [0.25, 0.3) is 0 Å². The molecule has 3 aromatic rings. The maximum Gasteiger partial charge on any atom is 0.197 e. The number of phenolic OH excluding ortho intramolecular Hbond substituents is 3. The van der Waals surface area contributed by atoms with Gasteiger partial charge in [0.15, 0.2) is 5.43 Å². The highest BCUT2D eigenvalue weighted by Crippen LogP contribution is 2.44. The minimum Gasteiger partial charge on any atom is -0.508 e. The van der Waals surface area contributed by atoms with E-state index in [1.165, 1.54) is 12.1 Å². The van der Waals surface area contributed by atoms with E-state index in [1.807, 2.05) is 0 Å². The second kappa shape index (κ2) is 8.08. The number of aliphatic hydroxyl groups excluding tert-OH is 4. The molecule has 0 bridgehead atoms. The second-order valence-electron chi connectivity index (χ2n) is 7.76. The van der Waals surface area contributed by atoms with Gasteiger partial charge >= 0.3 is 0 Å². The third-order valence-corrected chi connectivity index (χ3v) is 5.67. The van der Waals surface area contributed by atoms with Crippen molar-refractivity contribution >= 4 is 11.0 Å². The summed E-state index contributed by atoms with van der Waals surface area (Å²) in [6, 6.07) is 6.76. The Morgan fingerprint density at radius 1 is 0.938 bits per heavy atom. The smallest absolute Gasteiger partial charge is 0.197 e. The van der Waals surface area contributed by atoms with Gasteiger partial charge in [-0.3, -0.25) is 4.79 Å². The Morgan fingerprint density at radius 3 is 2.31 bits per heavy atom. The maximum absolute atomic E-state index is 12.8. The van der Waals surface area contributed by atoms with Crippen LogP contribution in [-0.2, 0) is 4.74 Å². The van der Waals surface area contributed by atoms with E-state index in [4.69, 9.17) is 9.15 Å². The molecule has 1 fully saturated rings. The zero-order valence-electron chi connectivity index (χ0n) is 16.8. The number of benzene rings is 2. The Hall–Kier alpha value is -3.15. The van der Waals surface area contributed by atoms with Gasteiger partial charge in [0.05, 0.1) is 12.2 Å². The van der Waals surface area contributed by atoms with Crippen molar-refractivity contribution in [3.8, 4) is 28.6 Å². The largest absolute Gasteiger partial charge is 0.508 e. The quantitative estimate of drug-likeness (QED) is 0.297. The monoisotopic (exact) mass is 446 g/mol. The van der Waals surface area contributed by atoms with Crippen LogP contribution >= 0.6 is 0 Å². The van der Waals surface area contributed by atoms with Crippen LogP contribution in [0, 0.1) is 6.92 Å². The minimum atomic E-state index is -1.77. The lowest BCUT2D eigenvalue weighted by atomic mass is 9.89. The third kappa shape index (κ3) is 3.48. The van der Waals surface area contributed by atoms with Gasteiger partial charge in [-0.1, -0.05) is 0 Å². The minimum absolute atomic E-state index is 0.0661. The number of ether oxygens (including phenoxy) is 1. The number of rotatable bonds is 3. The molecule has 1 aliphatic rings. The first kappa shape index (κ1) is 22.1. The van der Waals surface area contributed by atoms with E-state index < -0.39 is 59.6 Å². The van der Waals surface area contributed by atoms with Crippen molar-refractivity contribution in [1.29, 1.82) is 0 Å². The van der Waals surface area contributed by atoms with Crippen molar-refractivity contribution < 1.29 is 44.9 Å². The van der Waals surface area contributed by atoms with Gasteiger partial charge in [-0.15, -0.1) is 0 Å². The first-order chi connectivity index (χ1) is 15.1. The molecule has 10 nitrogen and oxygen atoms in total. The number of fused-ring (bicyclic) bond motifs is 1. The summed E-state index contributed by atoms with van der Waals surface area (Å²) in [7, 11) is 0. The summed E-state index contributed by atoms with van der Waals surface area (Å²) in [6.45, 7) is 0.969. The van der Waals surface area contributed by atoms with Crippen LogP contribution in [0.2, 0.25) is 0 Å². The SMILES string of the molecule is Cc1cc(-c2cc(=O)c3c(O)c(C4O[C@H](CO)[C@@H](O)[C@H](O)[C@H]4O)c(O)cc3o2)ccc1O. The van der Waals surface area contributed by atoms with Crippen molar-refractivity contribution in [1.82, 2.24) is 0 Å². The van der Waals surface area contributed by atoms with Crippen LogP contribution in [0.4, 0.5) is 0 Å². The Balaban J connectivity index is 1.86. The lowest BCUT2D eigenvalue weighted by Gasteiger charge is -2.40. The number of phenols is 3. The van der Waals surface area contributed by atoms with Crippen LogP contribution in [0.15, 0.2) is 39.5 Å². The first-order valence-corrected chi connectivity index (χ1v) is 9.77. The van der Waals surface area contributed by atoms with Crippen molar-refractivity contribution in [2.75, 3.05) is 6.61 Å². The molecule has 2 aromatic carbocycles. The van der Waals surface area contributed by atoms with Crippen molar-refractivity contribution in [2.24, 2.45) is 0 Å². The van der Waals surface area contributed by atoms with Crippen molar-refractivity contribution in [3.63, 3.8) is 0 Å². The average molecular weight is 446 g/mol. The molecule has 1 aliphatic heterocycles. The highest BCUT2D eigenvalue weighted by molar-refractivity contribution is 5.88. The molecule has 170 valence electrons. The van der Waals surface area contributed by atoms with Gasteiger partial charge in [-0.25, -0.2) is 0 Å². The Kier molecular flexibility index (Phi) is 5.57.